The van der Waals surface area contributed by atoms with Gasteiger partial charge in [0, 0.05) is 13.1 Å². The summed E-state index contributed by atoms with van der Waals surface area (Å²) in [5.41, 5.74) is 1.75. The first kappa shape index (κ1) is 18.1. The Morgan fingerprint density at radius 1 is 1.39 bits per heavy atom. The summed E-state index contributed by atoms with van der Waals surface area (Å²) in [5, 5.41) is 17.9. The van der Waals surface area contributed by atoms with Crippen molar-refractivity contribution in [1.29, 1.82) is 0 Å². The predicted molar refractivity (Wildman–Crippen MR) is 101 cm³/mol. The lowest BCUT2D eigenvalue weighted by Gasteiger charge is -2.32. The van der Waals surface area contributed by atoms with Crippen molar-refractivity contribution in [2.75, 3.05) is 20.2 Å². The molecule has 1 atom stereocenters. The summed E-state index contributed by atoms with van der Waals surface area (Å²) in [5.74, 6) is 1.82. The number of rotatable bonds is 6. The summed E-state index contributed by atoms with van der Waals surface area (Å²) in [6.07, 6.45) is 7.15. The number of amides is 1. The molecule has 28 heavy (non-hydrogen) atoms. The van der Waals surface area contributed by atoms with Gasteiger partial charge in [-0.25, -0.2) is 0 Å². The lowest BCUT2D eigenvalue weighted by atomic mass is 9.91. The molecule has 9 heteroatoms. The quantitative estimate of drug-likeness (QED) is 0.699. The topological polar surface area (TPSA) is 102 Å². The number of carbonyl (C=O) groups is 1. The highest BCUT2D eigenvalue weighted by Gasteiger charge is 2.27. The van der Waals surface area contributed by atoms with Gasteiger partial charge in [-0.3, -0.25) is 9.89 Å². The van der Waals surface area contributed by atoms with Gasteiger partial charge in [-0.05, 0) is 59.7 Å². The van der Waals surface area contributed by atoms with Crippen LogP contribution in [-0.4, -0.2) is 61.4 Å². The molecule has 3 aromatic rings. The average Bonchev–Trinajstić information content (AvgIpc) is 3.43. The van der Waals surface area contributed by atoms with Gasteiger partial charge >= 0.3 is 0 Å². The summed E-state index contributed by atoms with van der Waals surface area (Å²) in [4.78, 5) is 15.0. The molecule has 1 fully saturated rings. The SMILES string of the molecule is COc1cccc(CCC2CCCN(C(=O)c3cn[nH]c3-n3cnnn3)C2)c1. The van der Waals surface area contributed by atoms with Crippen LogP contribution in [0.1, 0.15) is 35.2 Å². The third-order valence-electron chi connectivity index (χ3n) is 5.21. The maximum absolute atomic E-state index is 13.0. The standard InChI is InChI=1S/C19H23N7O2/c1-28-16-6-2-4-14(10-16)7-8-15-5-3-9-25(12-15)19(27)17-11-20-22-18(17)26-13-21-23-24-26/h2,4,6,10-11,13,15H,3,5,7-9,12H2,1H3,(H,20,22). The van der Waals surface area contributed by atoms with Crippen molar-refractivity contribution in [3.8, 4) is 11.6 Å². The van der Waals surface area contributed by atoms with E-state index in [1.54, 1.807) is 13.3 Å². The van der Waals surface area contributed by atoms with Crippen molar-refractivity contribution in [3.63, 3.8) is 0 Å². The number of benzene rings is 1. The van der Waals surface area contributed by atoms with Gasteiger partial charge in [0.1, 0.15) is 17.6 Å². The molecule has 3 heterocycles. The highest BCUT2D eigenvalue weighted by Crippen LogP contribution is 2.24. The zero-order valence-electron chi connectivity index (χ0n) is 15.8. The summed E-state index contributed by atoms with van der Waals surface area (Å²) < 4.78 is 6.72. The number of nitrogens with one attached hydrogen (secondary N) is 1. The van der Waals surface area contributed by atoms with Gasteiger partial charge in [0.05, 0.1) is 13.3 Å². The Morgan fingerprint density at radius 3 is 3.14 bits per heavy atom. The van der Waals surface area contributed by atoms with Crippen LogP contribution in [0.3, 0.4) is 0 Å². The molecule has 4 rings (SSSR count). The molecule has 0 saturated carbocycles. The van der Waals surface area contributed by atoms with Crippen LogP contribution in [0.2, 0.25) is 0 Å². The van der Waals surface area contributed by atoms with E-state index in [9.17, 15) is 4.79 Å². The molecular weight excluding hydrogens is 358 g/mol. The number of H-pyrrole nitrogens is 1. The molecule has 2 aromatic heterocycles. The van der Waals surface area contributed by atoms with E-state index in [0.29, 0.717) is 17.3 Å². The number of tetrazole rings is 1. The smallest absolute Gasteiger partial charge is 0.259 e. The van der Waals surface area contributed by atoms with E-state index in [2.05, 4.69) is 37.9 Å². The number of likely N-dealkylation sites (tertiary alicyclic amines) is 1. The number of aryl methyl sites for hydroxylation is 1. The molecule has 1 unspecified atom stereocenters. The van der Waals surface area contributed by atoms with E-state index in [4.69, 9.17) is 4.74 Å². The molecule has 1 aliphatic rings. The fourth-order valence-corrected chi connectivity index (χ4v) is 3.73. The zero-order valence-corrected chi connectivity index (χ0v) is 15.8. The van der Waals surface area contributed by atoms with Crippen LogP contribution in [-0.2, 0) is 6.42 Å². The number of piperidine rings is 1. The highest BCUT2D eigenvalue weighted by atomic mass is 16.5. The molecule has 146 valence electrons. The molecule has 1 saturated heterocycles. The molecule has 1 amide bonds. The maximum Gasteiger partial charge on any atom is 0.259 e. The van der Waals surface area contributed by atoms with Gasteiger partial charge < -0.3 is 9.64 Å². The first-order valence-electron chi connectivity index (χ1n) is 9.43. The Bertz CT molecular complexity index is 922. The summed E-state index contributed by atoms with van der Waals surface area (Å²) in [6.45, 7) is 1.51. The second kappa shape index (κ2) is 8.20. The number of aromatic nitrogens is 6. The second-order valence-electron chi connectivity index (χ2n) is 7.04. The van der Waals surface area contributed by atoms with Gasteiger partial charge in [-0.1, -0.05) is 12.1 Å². The van der Waals surface area contributed by atoms with Crippen LogP contribution >= 0.6 is 0 Å². The number of ether oxygens (including phenoxy) is 1. The third kappa shape index (κ3) is 3.88. The Hall–Kier alpha value is -3.23. The number of hydrogen-bond donors (Lipinski definition) is 1. The molecule has 0 bridgehead atoms. The number of carbonyl (C=O) groups excluding carboxylic acids is 1. The normalized spacial score (nSPS) is 16.9. The van der Waals surface area contributed by atoms with E-state index < -0.39 is 0 Å². The Labute approximate surface area is 162 Å². The Kier molecular flexibility index (Phi) is 5.31. The van der Waals surface area contributed by atoms with Crippen molar-refractivity contribution in [2.24, 2.45) is 5.92 Å². The second-order valence-corrected chi connectivity index (χ2v) is 7.04. The average molecular weight is 381 g/mol. The van der Waals surface area contributed by atoms with Crippen LogP contribution in [0, 0.1) is 5.92 Å². The first-order chi connectivity index (χ1) is 13.7. The Balaban J connectivity index is 1.40. The van der Waals surface area contributed by atoms with Crippen LogP contribution < -0.4 is 4.74 Å². The van der Waals surface area contributed by atoms with E-state index in [-0.39, 0.29) is 5.91 Å². The third-order valence-corrected chi connectivity index (χ3v) is 5.21. The number of aromatic amines is 1. The van der Waals surface area contributed by atoms with Gasteiger partial charge in [-0.2, -0.15) is 9.78 Å². The minimum absolute atomic E-state index is 0.0367. The minimum Gasteiger partial charge on any atom is -0.497 e. The fourth-order valence-electron chi connectivity index (χ4n) is 3.73. The molecule has 1 N–H and O–H groups in total. The van der Waals surface area contributed by atoms with Crippen molar-refractivity contribution in [1.82, 2.24) is 35.3 Å². The maximum atomic E-state index is 13.0. The van der Waals surface area contributed by atoms with Gasteiger partial charge in [0.15, 0.2) is 5.82 Å². The van der Waals surface area contributed by atoms with E-state index >= 15 is 0 Å². The molecule has 1 aromatic carbocycles. The van der Waals surface area contributed by atoms with Crippen molar-refractivity contribution in [3.05, 3.63) is 47.9 Å². The van der Waals surface area contributed by atoms with Crippen molar-refractivity contribution in [2.45, 2.75) is 25.7 Å². The summed E-state index contributed by atoms with van der Waals surface area (Å²) in [6, 6.07) is 8.18. The van der Waals surface area contributed by atoms with Crippen molar-refractivity contribution < 1.29 is 9.53 Å². The van der Waals surface area contributed by atoms with Crippen LogP contribution in [0.15, 0.2) is 36.8 Å². The van der Waals surface area contributed by atoms with E-state index in [1.807, 2.05) is 17.0 Å². The molecule has 1 aliphatic heterocycles. The van der Waals surface area contributed by atoms with Gasteiger partial charge in [0.25, 0.3) is 5.91 Å². The van der Waals surface area contributed by atoms with Crippen LogP contribution in [0.25, 0.3) is 5.82 Å². The number of hydrogen-bond acceptors (Lipinski definition) is 6. The molecular formula is C19H23N7O2. The number of methoxy groups -OCH3 is 1. The lowest BCUT2D eigenvalue weighted by molar-refractivity contribution is 0.0668. The Morgan fingerprint density at radius 2 is 2.32 bits per heavy atom. The molecule has 0 radical (unpaired) electrons. The summed E-state index contributed by atoms with van der Waals surface area (Å²) >= 11 is 0. The van der Waals surface area contributed by atoms with E-state index in [1.165, 1.54) is 16.6 Å². The zero-order chi connectivity index (χ0) is 19.3. The van der Waals surface area contributed by atoms with E-state index in [0.717, 1.165) is 44.5 Å². The van der Waals surface area contributed by atoms with Crippen LogP contribution in [0.5, 0.6) is 5.75 Å². The highest BCUT2D eigenvalue weighted by molar-refractivity contribution is 5.97. The first-order valence-corrected chi connectivity index (χ1v) is 9.43. The van der Waals surface area contributed by atoms with Crippen LogP contribution in [0.4, 0.5) is 0 Å². The number of nitrogens with zero attached hydrogens (tertiary/aromatic N) is 6. The predicted octanol–water partition coefficient (Wildman–Crippen LogP) is 1.88. The minimum atomic E-state index is -0.0367. The molecule has 9 nitrogen and oxygen atoms in total. The molecule has 0 aliphatic carbocycles. The monoisotopic (exact) mass is 381 g/mol. The van der Waals surface area contributed by atoms with Crippen molar-refractivity contribution >= 4 is 5.91 Å². The summed E-state index contributed by atoms with van der Waals surface area (Å²) in [7, 11) is 1.68. The lowest BCUT2D eigenvalue weighted by Crippen LogP contribution is -2.40. The van der Waals surface area contributed by atoms with Gasteiger partial charge in [-0.15, -0.1) is 5.10 Å². The fraction of sp³-hybridized carbons (Fsp3) is 0.421. The van der Waals surface area contributed by atoms with Gasteiger partial charge in [0.2, 0.25) is 0 Å². The molecule has 0 spiro atoms. The largest absolute Gasteiger partial charge is 0.497 e.